The summed E-state index contributed by atoms with van der Waals surface area (Å²) in [7, 11) is -3.87. The molecule has 0 aliphatic heterocycles. The largest absolute Gasteiger partial charge is 0.507 e. The van der Waals surface area contributed by atoms with Crippen LogP contribution in [-0.4, -0.2) is 32.0 Å². The summed E-state index contributed by atoms with van der Waals surface area (Å²) in [6.45, 7) is -0.927. The fraction of sp³-hybridized carbons (Fsp3) is 0.0526. The van der Waals surface area contributed by atoms with Crippen molar-refractivity contribution in [1.82, 2.24) is 0 Å². The van der Waals surface area contributed by atoms with E-state index in [1.54, 1.807) is 11.4 Å². The Morgan fingerprint density at radius 3 is 2.47 bits per heavy atom. The van der Waals surface area contributed by atoms with Gasteiger partial charge in [0.1, 0.15) is 15.5 Å². The number of thiophene rings is 1. The Hall–Kier alpha value is -3.58. The molecule has 3 aromatic rings. The molecule has 1 aromatic heterocycles. The van der Waals surface area contributed by atoms with E-state index in [2.05, 4.69) is 4.72 Å². The quantitative estimate of drug-likeness (QED) is 0.347. The van der Waals surface area contributed by atoms with E-state index in [0.717, 1.165) is 29.5 Å². The van der Waals surface area contributed by atoms with Gasteiger partial charge in [-0.05, 0) is 35.7 Å². The molecule has 0 radical (unpaired) electrons. The van der Waals surface area contributed by atoms with Crippen LogP contribution in [0.4, 0.5) is 24.5 Å². The molecule has 0 unspecified atom stereocenters. The number of hydrogen-bond donors (Lipinski definition) is 3. The number of ether oxygens (including phenoxy) is 1. The minimum absolute atomic E-state index is 0.0287. The SMILES string of the molecule is O=C(COC(=O)c1ccc(NS(=O)(=O)c2cccs2)cc1O)Nc1ccc(F)c(F)c1F. The Labute approximate surface area is 183 Å². The molecule has 0 saturated carbocycles. The summed E-state index contributed by atoms with van der Waals surface area (Å²) in [5.41, 5.74) is -1.06. The number of rotatable bonds is 7. The molecule has 32 heavy (non-hydrogen) atoms. The van der Waals surface area contributed by atoms with Crippen LogP contribution in [-0.2, 0) is 19.6 Å². The third kappa shape index (κ3) is 5.18. The summed E-state index contributed by atoms with van der Waals surface area (Å²) in [5.74, 6) is -7.67. The van der Waals surface area contributed by atoms with Gasteiger partial charge < -0.3 is 15.2 Å². The molecule has 0 saturated heterocycles. The maximum atomic E-state index is 13.6. The number of phenolic OH excluding ortho intramolecular Hbond substituents is 1. The van der Waals surface area contributed by atoms with Crippen LogP contribution in [0.15, 0.2) is 52.1 Å². The van der Waals surface area contributed by atoms with Gasteiger partial charge in [0, 0.05) is 6.07 Å². The second kappa shape index (κ2) is 9.28. The lowest BCUT2D eigenvalue weighted by molar-refractivity contribution is -0.119. The van der Waals surface area contributed by atoms with Gasteiger partial charge in [0.15, 0.2) is 24.1 Å². The highest BCUT2D eigenvalue weighted by Gasteiger charge is 2.20. The monoisotopic (exact) mass is 486 g/mol. The van der Waals surface area contributed by atoms with Gasteiger partial charge in [0.2, 0.25) is 0 Å². The van der Waals surface area contributed by atoms with Crippen molar-refractivity contribution in [3.63, 3.8) is 0 Å². The van der Waals surface area contributed by atoms with Gasteiger partial charge in [-0.3, -0.25) is 9.52 Å². The standard InChI is InChI=1S/C19H13F3N2O6S2/c20-12-5-6-13(18(22)17(12)21)23-15(26)9-30-19(27)11-4-3-10(8-14(11)25)24-32(28,29)16-2-1-7-31-16/h1-8,24-25H,9H2,(H,23,26). The van der Waals surface area contributed by atoms with Crippen LogP contribution in [0, 0.1) is 17.5 Å². The summed E-state index contributed by atoms with van der Waals surface area (Å²) in [6, 6.07) is 7.55. The predicted octanol–water partition coefficient (Wildman–Crippen LogP) is 3.47. The summed E-state index contributed by atoms with van der Waals surface area (Å²) in [6.07, 6.45) is 0. The maximum Gasteiger partial charge on any atom is 0.342 e. The molecule has 13 heteroatoms. The normalized spacial score (nSPS) is 11.1. The predicted molar refractivity (Wildman–Crippen MR) is 108 cm³/mol. The van der Waals surface area contributed by atoms with E-state index in [1.165, 1.54) is 12.1 Å². The van der Waals surface area contributed by atoms with Gasteiger partial charge >= 0.3 is 5.97 Å². The molecular formula is C19H13F3N2O6S2. The van der Waals surface area contributed by atoms with Crippen molar-refractivity contribution in [3.8, 4) is 5.75 Å². The van der Waals surface area contributed by atoms with Crippen molar-refractivity contribution in [2.24, 2.45) is 0 Å². The van der Waals surface area contributed by atoms with Crippen LogP contribution in [0.2, 0.25) is 0 Å². The number of hydrogen-bond acceptors (Lipinski definition) is 7. The lowest BCUT2D eigenvalue weighted by atomic mass is 10.2. The number of nitrogens with one attached hydrogen (secondary N) is 2. The number of benzene rings is 2. The van der Waals surface area contributed by atoms with E-state index in [4.69, 9.17) is 4.74 Å². The molecule has 1 heterocycles. The number of halogens is 3. The summed E-state index contributed by atoms with van der Waals surface area (Å²) >= 11 is 0.986. The molecule has 168 valence electrons. The van der Waals surface area contributed by atoms with Crippen LogP contribution in [0.3, 0.4) is 0 Å². The van der Waals surface area contributed by atoms with Crippen molar-refractivity contribution in [2.45, 2.75) is 4.21 Å². The first-order valence-corrected chi connectivity index (χ1v) is 10.9. The topological polar surface area (TPSA) is 122 Å². The van der Waals surface area contributed by atoms with Gasteiger partial charge in [-0.2, -0.15) is 0 Å². The van der Waals surface area contributed by atoms with E-state index >= 15 is 0 Å². The molecule has 1 amide bonds. The molecule has 0 fully saturated rings. The summed E-state index contributed by atoms with van der Waals surface area (Å²) in [4.78, 5) is 23.9. The molecule has 0 spiro atoms. The molecule has 3 N–H and O–H groups in total. The van der Waals surface area contributed by atoms with E-state index in [0.29, 0.717) is 6.07 Å². The first kappa shape index (κ1) is 23.1. The first-order chi connectivity index (χ1) is 15.1. The molecule has 0 aliphatic carbocycles. The number of sulfonamides is 1. The number of amides is 1. The van der Waals surface area contributed by atoms with Gasteiger partial charge in [-0.15, -0.1) is 11.3 Å². The van der Waals surface area contributed by atoms with Crippen molar-refractivity contribution >= 4 is 44.6 Å². The molecule has 0 aliphatic rings. The average Bonchev–Trinajstić information content (AvgIpc) is 3.28. The molecule has 3 rings (SSSR count). The number of carbonyl (C=O) groups is 2. The van der Waals surface area contributed by atoms with Crippen molar-refractivity contribution in [3.05, 3.63) is 70.9 Å². The Bertz CT molecular complexity index is 1280. The second-order valence-electron chi connectivity index (χ2n) is 6.12. The number of anilines is 2. The Morgan fingerprint density at radius 2 is 1.81 bits per heavy atom. The van der Waals surface area contributed by atoms with Crippen LogP contribution in [0.1, 0.15) is 10.4 Å². The first-order valence-electron chi connectivity index (χ1n) is 8.58. The molecule has 0 bridgehead atoms. The molecule has 8 nitrogen and oxygen atoms in total. The average molecular weight is 486 g/mol. The fourth-order valence-corrected chi connectivity index (χ4v) is 4.45. The number of aromatic hydroxyl groups is 1. The zero-order chi connectivity index (χ0) is 23.5. The van der Waals surface area contributed by atoms with E-state index < -0.39 is 57.4 Å². The zero-order valence-corrected chi connectivity index (χ0v) is 17.4. The highest BCUT2D eigenvalue weighted by molar-refractivity contribution is 7.94. The summed E-state index contributed by atoms with van der Waals surface area (Å²) in [5, 5.41) is 13.5. The molecule has 0 atom stereocenters. The highest BCUT2D eigenvalue weighted by Crippen LogP contribution is 2.26. The highest BCUT2D eigenvalue weighted by atomic mass is 32.2. The van der Waals surface area contributed by atoms with Gasteiger partial charge in [-0.1, -0.05) is 6.07 Å². The van der Waals surface area contributed by atoms with E-state index in [-0.39, 0.29) is 15.5 Å². The van der Waals surface area contributed by atoms with Crippen molar-refractivity contribution in [1.29, 1.82) is 0 Å². The molecule has 2 aromatic carbocycles. The van der Waals surface area contributed by atoms with Crippen LogP contribution in [0.5, 0.6) is 5.75 Å². The van der Waals surface area contributed by atoms with Crippen molar-refractivity contribution < 1.29 is 41.0 Å². The Morgan fingerprint density at radius 1 is 1.06 bits per heavy atom. The number of phenols is 1. The third-order valence-corrected chi connectivity index (χ3v) is 6.65. The van der Waals surface area contributed by atoms with Crippen LogP contribution < -0.4 is 10.0 Å². The zero-order valence-electron chi connectivity index (χ0n) is 15.8. The molecular weight excluding hydrogens is 473 g/mol. The minimum Gasteiger partial charge on any atom is -0.507 e. The minimum atomic E-state index is -3.87. The van der Waals surface area contributed by atoms with E-state index in [9.17, 15) is 36.3 Å². The van der Waals surface area contributed by atoms with Gasteiger partial charge in [-0.25, -0.2) is 26.4 Å². The van der Waals surface area contributed by atoms with Crippen LogP contribution >= 0.6 is 11.3 Å². The number of carbonyl (C=O) groups excluding carboxylic acids is 2. The van der Waals surface area contributed by atoms with Gasteiger partial charge in [0.25, 0.3) is 15.9 Å². The second-order valence-corrected chi connectivity index (χ2v) is 8.97. The third-order valence-electron chi connectivity index (χ3n) is 3.87. The van der Waals surface area contributed by atoms with E-state index in [1.807, 2.05) is 5.32 Å². The summed E-state index contributed by atoms with van der Waals surface area (Å²) < 4.78 is 71.0. The van der Waals surface area contributed by atoms with Gasteiger partial charge in [0.05, 0.1) is 11.4 Å². The smallest absolute Gasteiger partial charge is 0.342 e. The Kier molecular flexibility index (Phi) is 6.69. The van der Waals surface area contributed by atoms with Crippen LogP contribution in [0.25, 0.3) is 0 Å². The number of esters is 1. The fourth-order valence-electron chi connectivity index (χ4n) is 2.41. The maximum absolute atomic E-state index is 13.6. The van der Waals surface area contributed by atoms with Crippen molar-refractivity contribution in [2.75, 3.05) is 16.6 Å². The Balaban J connectivity index is 1.62. The lowest BCUT2D eigenvalue weighted by Crippen LogP contribution is -2.22. The lowest BCUT2D eigenvalue weighted by Gasteiger charge is -2.10.